The summed E-state index contributed by atoms with van der Waals surface area (Å²) in [4.78, 5) is 12.9. The first kappa shape index (κ1) is 11.7. The Kier molecular flexibility index (Phi) is 4.87. The molecule has 13 heavy (non-hydrogen) atoms. The molecule has 0 atom stereocenters. The molecule has 0 aromatic carbocycles. The highest BCUT2D eigenvalue weighted by Crippen LogP contribution is 1.99. The van der Waals surface area contributed by atoms with Crippen LogP contribution in [0.5, 0.6) is 0 Å². The number of carbonyl (C=O) groups is 1. The lowest BCUT2D eigenvalue weighted by atomic mass is 10.3. The van der Waals surface area contributed by atoms with E-state index in [-0.39, 0.29) is 17.9 Å². The van der Waals surface area contributed by atoms with E-state index in [9.17, 15) is 4.79 Å². The van der Waals surface area contributed by atoms with Crippen LogP contribution in [0.4, 0.5) is 4.79 Å². The topological polar surface area (TPSA) is 82.2 Å². The SMILES string of the molecule is CNC(=O)N(CCC(=N)N)C(C)C. The third-order valence-corrected chi connectivity index (χ3v) is 1.72. The molecule has 0 saturated carbocycles. The molecule has 0 aromatic heterocycles. The minimum Gasteiger partial charge on any atom is -0.388 e. The van der Waals surface area contributed by atoms with Gasteiger partial charge in [-0.3, -0.25) is 5.41 Å². The Morgan fingerprint density at radius 3 is 2.46 bits per heavy atom. The standard InChI is InChI=1S/C8H18N4O/c1-6(2)12(8(13)11-3)5-4-7(9)10/h6H,4-5H2,1-3H3,(H3,9,10)(H,11,13). The van der Waals surface area contributed by atoms with Gasteiger partial charge >= 0.3 is 6.03 Å². The number of nitrogens with zero attached hydrogens (tertiary/aromatic N) is 1. The number of carbonyl (C=O) groups excluding carboxylic acids is 1. The van der Waals surface area contributed by atoms with Gasteiger partial charge in [0.2, 0.25) is 0 Å². The lowest BCUT2D eigenvalue weighted by Gasteiger charge is -2.25. The highest BCUT2D eigenvalue weighted by molar-refractivity contribution is 5.78. The van der Waals surface area contributed by atoms with Crippen molar-refractivity contribution in [3.8, 4) is 0 Å². The predicted octanol–water partition coefficient (Wildman–Crippen LogP) is 0.362. The van der Waals surface area contributed by atoms with Gasteiger partial charge in [-0.1, -0.05) is 0 Å². The third-order valence-electron chi connectivity index (χ3n) is 1.72. The zero-order valence-electron chi connectivity index (χ0n) is 8.42. The van der Waals surface area contributed by atoms with Crippen molar-refractivity contribution in [1.29, 1.82) is 5.41 Å². The molecule has 0 aliphatic carbocycles. The smallest absolute Gasteiger partial charge is 0.317 e. The van der Waals surface area contributed by atoms with Crippen LogP contribution in [0.1, 0.15) is 20.3 Å². The summed E-state index contributed by atoms with van der Waals surface area (Å²) in [6.45, 7) is 4.34. The Morgan fingerprint density at radius 1 is 1.62 bits per heavy atom. The lowest BCUT2D eigenvalue weighted by molar-refractivity contribution is 0.187. The summed E-state index contributed by atoms with van der Waals surface area (Å²) in [5, 5.41) is 9.59. The molecule has 0 aromatic rings. The van der Waals surface area contributed by atoms with E-state index in [1.54, 1.807) is 11.9 Å². The molecule has 0 saturated heterocycles. The summed E-state index contributed by atoms with van der Waals surface area (Å²) in [7, 11) is 1.59. The van der Waals surface area contributed by atoms with E-state index in [2.05, 4.69) is 5.32 Å². The largest absolute Gasteiger partial charge is 0.388 e. The average Bonchev–Trinajstić information content (AvgIpc) is 2.03. The molecule has 0 unspecified atom stereocenters. The van der Waals surface area contributed by atoms with Crippen LogP contribution in [0.2, 0.25) is 0 Å². The lowest BCUT2D eigenvalue weighted by Crippen LogP contribution is -2.43. The zero-order valence-corrected chi connectivity index (χ0v) is 8.42. The molecule has 4 N–H and O–H groups in total. The summed E-state index contributed by atoms with van der Waals surface area (Å²) in [5.41, 5.74) is 5.21. The number of rotatable bonds is 4. The first-order valence-corrected chi connectivity index (χ1v) is 4.30. The number of hydrogen-bond acceptors (Lipinski definition) is 2. The molecular weight excluding hydrogens is 168 g/mol. The number of hydrogen-bond donors (Lipinski definition) is 3. The van der Waals surface area contributed by atoms with Crippen molar-refractivity contribution in [2.75, 3.05) is 13.6 Å². The molecule has 5 heteroatoms. The van der Waals surface area contributed by atoms with E-state index in [4.69, 9.17) is 11.1 Å². The molecule has 0 bridgehead atoms. The van der Waals surface area contributed by atoms with Crippen LogP contribution in [0.15, 0.2) is 0 Å². The van der Waals surface area contributed by atoms with Crippen LogP contribution in [0.25, 0.3) is 0 Å². The summed E-state index contributed by atoms with van der Waals surface area (Å²) >= 11 is 0. The monoisotopic (exact) mass is 186 g/mol. The van der Waals surface area contributed by atoms with Crippen molar-refractivity contribution in [3.05, 3.63) is 0 Å². The van der Waals surface area contributed by atoms with Crippen LogP contribution < -0.4 is 11.1 Å². The van der Waals surface area contributed by atoms with Crippen molar-refractivity contribution in [1.82, 2.24) is 10.2 Å². The Balaban J connectivity index is 4.10. The van der Waals surface area contributed by atoms with Crippen LogP contribution in [-0.2, 0) is 0 Å². The summed E-state index contributed by atoms with van der Waals surface area (Å²) in [6.07, 6.45) is 0.422. The van der Waals surface area contributed by atoms with Gasteiger partial charge in [-0.2, -0.15) is 0 Å². The van der Waals surface area contributed by atoms with Gasteiger partial charge in [0.05, 0.1) is 5.84 Å². The first-order chi connectivity index (χ1) is 5.99. The van der Waals surface area contributed by atoms with E-state index in [1.165, 1.54) is 0 Å². The van der Waals surface area contributed by atoms with Crippen molar-refractivity contribution < 1.29 is 4.79 Å². The van der Waals surface area contributed by atoms with E-state index in [0.717, 1.165) is 0 Å². The molecule has 2 amide bonds. The molecule has 0 rings (SSSR count). The van der Waals surface area contributed by atoms with Gasteiger partial charge in [0.15, 0.2) is 0 Å². The normalized spacial score (nSPS) is 9.85. The molecule has 0 radical (unpaired) electrons. The Labute approximate surface area is 78.8 Å². The Hall–Kier alpha value is -1.26. The average molecular weight is 186 g/mol. The fourth-order valence-electron chi connectivity index (χ4n) is 0.979. The van der Waals surface area contributed by atoms with E-state index in [0.29, 0.717) is 13.0 Å². The predicted molar refractivity (Wildman–Crippen MR) is 52.8 cm³/mol. The van der Waals surface area contributed by atoms with Gasteiger partial charge < -0.3 is 16.0 Å². The maximum Gasteiger partial charge on any atom is 0.317 e. The van der Waals surface area contributed by atoms with E-state index >= 15 is 0 Å². The molecule has 0 aliphatic heterocycles. The van der Waals surface area contributed by atoms with Gasteiger partial charge in [-0.25, -0.2) is 4.79 Å². The van der Waals surface area contributed by atoms with Crippen LogP contribution in [0.3, 0.4) is 0 Å². The van der Waals surface area contributed by atoms with Gasteiger partial charge in [0.1, 0.15) is 0 Å². The van der Waals surface area contributed by atoms with Crippen molar-refractivity contribution in [2.45, 2.75) is 26.3 Å². The van der Waals surface area contributed by atoms with Crippen molar-refractivity contribution in [2.24, 2.45) is 5.73 Å². The van der Waals surface area contributed by atoms with Gasteiger partial charge in [0.25, 0.3) is 0 Å². The fraction of sp³-hybridized carbons (Fsp3) is 0.750. The molecule has 0 heterocycles. The zero-order chi connectivity index (χ0) is 10.4. The van der Waals surface area contributed by atoms with Crippen molar-refractivity contribution >= 4 is 11.9 Å². The fourth-order valence-corrected chi connectivity index (χ4v) is 0.979. The van der Waals surface area contributed by atoms with Crippen LogP contribution >= 0.6 is 0 Å². The van der Waals surface area contributed by atoms with E-state index < -0.39 is 0 Å². The second-order valence-corrected chi connectivity index (χ2v) is 3.12. The number of nitrogens with two attached hydrogens (primary N) is 1. The number of urea groups is 1. The maximum atomic E-state index is 11.3. The maximum absolute atomic E-state index is 11.3. The van der Waals surface area contributed by atoms with Gasteiger partial charge in [-0.05, 0) is 13.8 Å². The summed E-state index contributed by atoms with van der Waals surface area (Å²) in [5.74, 6) is 0.106. The van der Waals surface area contributed by atoms with Crippen LogP contribution in [-0.4, -0.2) is 36.4 Å². The first-order valence-electron chi connectivity index (χ1n) is 4.30. The second kappa shape index (κ2) is 5.40. The second-order valence-electron chi connectivity index (χ2n) is 3.12. The van der Waals surface area contributed by atoms with Crippen LogP contribution in [0, 0.1) is 5.41 Å². The third kappa shape index (κ3) is 4.35. The minimum atomic E-state index is -0.128. The molecule has 0 fully saturated rings. The molecular formula is C8H18N4O. The Morgan fingerprint density at radius 2 is 2.15 bits per heavy atom. The van der Waals surface area contributed by atoms with Crippen molar-refractivity contribution in [3.63, 3.8) is 0 Å². The van der Waals surface area contributed by atoms with Gasteiger partial charge in [0, 0.05) is 26.1 Å². The highest BCUT2D eigenvalue weighted by Gasteiger charge is 2.14. The molecule has 76 valence electrons. The van der Waals surface area contributed by atoms with Gasteiger partial charge in [-0.15, -0.1) is 0 Å². The molecule has 0 spiro atoms. The molecule has 0 aliphatic rings. The minimum absolute atomic E-state index is 0.106. The number of amides is 2. The summed E-state index contributed by atoms with van der Waals surface area (Å²) in [6, 6.07) is -0.00412. The number of amidine groups is 1. The summed E-state index contributed by atoms with van der Waals surface area (Å²) < 4.78 is 0. The number of nitrogens with one attached hydrogen (secondary N) is 2. The highest BCUT2D eigenvalue weighted by atomic mass is 16.2. The Bertz CT molecular complexity index is 191. The quantitative estimate of drug-likeness (QED) is 0.437. The van der Waals surface area contributed by atoms with E-state index in [1.807, 2.05) is 13.8 Å². The molecule has 5 nitrogen and oxygen atoms in total.